The SMILES string of the molecule is Nc1ccc(F)cc1-c1nnnn1CC1CCC1. The van der Waals surface area contributed by atoms with Crippen LogP contribution in [-0.4, -0.2) is 20.2 Å². The molecule has 2 N–H and O–H groups in total. The number of tetrazole rings is 1. The minimum absolute atomic E-state index is 0.336. The number of nitrogen functional groups attached to an aromatic ring is 1. The van der Waals surface area contributed by atoms with Crippen LogP contribution in [0.5, 0.6) is 0 Å². The molecule has 0 amide bonds. The molecule has 1 aromatic heterocycles. The van der Waals surface area contributed by atoms with Gasteiger partial charge in [-0.05, 0) is 47.4 Å². The lowest BCUT2D eigenvalue weighted by Gasteiger charge is -2.25. The van der Waals surface area contributed by atoms with Gasteiger partial charge in [-0.1, -0.05) is 6.42 Å². The molecule has 0 unspecified atom stereocenters. The Bertz CT molecular complexity index is 561. The monoisotopic (exact) mass is 247 g/mol. The number of hydrogen-bond donors (Lipinski definition) is 1. The minimum Gasteiger partial charge on any atom is -0.398 e. The van der Waals surface area contributed by atoms with E-state index in [0.717, 1.165) is 6.54 Å². The summed E-state index contributed by atoms with van der Waals surface area (Å²) >= 11 is 0. The number of nitrogens with zero attached hydrogens (tertiary/aromatic N) is 4. The van der Waals surface area contributed by atoms with Crippen LogP contribution in [0.25, 0.3) is 11.4 Å². The lowest BCUT2D eigenvalue weighted by atomic mass is 9.85. The summed E-state index contributed by atoms with van der Waals surface area (Å²) in [6, 6.07) is 4.24. The molecular formula is C12H14FN5. The van der Waals surface area contributed by atoms with Crippen molar-refractivity contribution >= 4 is 5.69 Å². The highest BCUT2D eigenvalue weighted by Crippen LogP contribution is 2.30. The fourth-order valence-corrected chi connectivity index (χ4v) is 2.16. The third kappa shape index (κ3) is 1.94. The topological polar surface area (TPSA) is 69.6 Å². The maximum absolute atomic E-state index is 13.3. The Hall–Kier alpha value is -1.98. The maximum atomic E-state index is 13.3. The van der Waals surface area contributed by atoms with E-state index in [1.165, 1.54) is 37.5 Å². The molecule has 1 aromatic carbocycles. The normalized spacial score (nSPS) is 15.6. The molecule has 0 atom stereocenters. The van der Waals surface area contributed by atoms with Gasteiger partial charge in [-0.25, -0.2) is 9.07 Å². The van der Waals surface area contributed by atoms with Crippen LogP contribution in [-0.2, 0) is 6.54 Å². The largest absolute Gasteiger partial charge is 0.398 e. The summed E-state index contributed by atoms with van der Waals surface area (Å²) in [5.41, 5.74) is 6.89. The van der Waals surface area contributed by atoms with E-state index >= 15 is 0 Å². The molecule has 1 aliphatic rings. The van der Waals surface area contributed by atoms with Gasteiger partial charge < -0.3 is 5.73 Å². The van der Waals surface area contributed by atoms with Crippen LogP contribution in [0, 0.1) is 11.7 Å². The molecule has 18 heavy (non-hydrogen) atoms. The zero-order chi connectivity index (χ0) is 12.5. The van der Waals surface area contributed by atoms with Crippen molar-refractivity contribution in [3.63, 3.8) is 0 Å². The van der Waals surface area contributed by atoms with Crippen molar-refractivity contribution in [3.05, 3.63) is 24.0 Å². The van der Waals surface area contributed by atoms with Gasteiger partial charge in [0.1, 0.15) is 5.82 Å². The molecule has 1 aliphatic carbocycles. The van der Waals surface area contributed by atoms with Gasteiger partial charge in [0.2, 0.25) is 0 Å². The predicted molar refractivity (Wildman–Crippen MR) is 65.0 cm³/mol. The zero-order valence-corrected chi connectivity index (χ0v) is 9.88. The van der Waals surface area contributed by atoms with Crippen LogP contribution < -0.4 is 5.73 Å². The lowest BCUT2D eigenvalue weighted by Crippen LogP contribution is -2.19. The van der Waals surface area contributed by atoms with E-state index in [9.17, 15) is 4.39 Å². The second-order valence-corrected chi connectivity index (χ2v) is 4.71. The second kappa shape index (κ2) is 4.36. The Morgan fingerprint density at radius 2 is 2.22 bits per heavy atom. The first-order valence-electron chi connectivity index (χ1n) is 6.05. The number of benzene rings is 1. The molecule has 0 saturated heterocycles. The van der Waals surface area contributed by atoms with Crippen LogP contribution >= 0.6 is 0 Å². The van der Waals surface area contributed by atoms with Gasteiger partial charge >= 0.3 is 0 Å². The third-order valence-electron chi connectivity index (χ3n) is 3.44. The summed E-state index contributed by atoms with van der Waals surface area (Å²) in [5, 5.41) is 11.6. The smallest absolute Gasteiger partial charge is 0.184 e. The van der Waals surface area contributed by atoms with Gasteiger partial charge in [-0.15, -0.1) is 5.10 Å². The molecule has 3 rings (SSSR count). The third-order valence-corrected chi connectivity index (χ3v) is 3.44. The van der Waals surface area contributed by atoms with Crippen molar-refractivity contribution in [2.75, 3.05) is 5.73 Å². The van der Waals surface area contributed by atoms with E-state index in [4.69, 9.17) is 5.73 Å². The fraction of sp³-hybridized carbons (Fsp3) is 0.417. The molecule has 0 aliphatic heterocycles. The number of hydrogen-bond acceptors (Lipinski definition) is 4. The van der Waals surface area contributed by atoms with Crippen LogP contribution in [0.3, 0.4) is 0 Å². The summed E-state index contributed by atoms with van der Waals surface area (Å²) in [6.07, 6.45) is 3.68. The molecule has 0 radical (unpaired) electrons. The molecule has 2 aromatic rings. The Labute approximate surface area is 104 Å². The van der Waals surface area contributed by atoms with Gasteiger partial charge in [-0.2, -0.15) is 0 Å². The standard InChI is InChI=1S/C12H14FN5/c13-9-4-5-11(14)10(6-9)12-15-16-17-18(12)7-8-2-1-3-8/h4-6,8H,1-3,7,14H2. The average molecular weight is 247 g/mol. The summed E-state index contributed by atoms with van der Waals surface area (Å²) in [7, 11) is 0. The summed E-state index contributed by atoms with van der Waals surface area (Å²) in [6.45, 7) is 0.776. The molecule has 1 heterocycles. The Balaban J connectivity index is 1.95. The van der Waals surface area contributed by atoms with E-state index < -0.39 is 0 Å². The molecule has 1 saturated carbocycles. The Morgan fingerprint density at radius 3 is 2.94 bits per heavy atom. The van der Waals surface area contributed by atoms with E-state index in [2.05, 4.69) is 15.5 Å². The van der Waals surface area contributed by atoms with Crippen LogP contribution in [0.15, 0.2) is 18.2 Å². The summed E-state index contributed by atoms with van der Waals surface area (Å²) < 4.78 is 15.0. The molecular weight excluding hydrogens is 233 g/mol. The molecule has 94 valence electrons. The maximum Gasteiger partial charge on any atom is 0.184 e. The van der Waals surface area contributed by atoms with Gasteiger partial charge in [0, 0.05) is 17.8 Å². The number of aromatic nitrogens is 4. The molecule has 1 fully saturated rings. The number of rotatable bonds is 3. The minimum atomic E-state index is -0.336. The molecule has 0 spiro atoms. The van der Waals surface area contributed by atoms with Crippen LogP contribution in [0.4, 0.5) is 10.1 Å². The van der Waals surface area contributed by atoms with E-state index in [1.54, 1.807) is 4.68 Å². The first-order valence-corrected chi connectivity index (χ1v) is 6.05. The molecule has 0 bridgehead atoms. The van der Waals surface area contributed by atoms with Crippen LogP contribution in [0.1, 0.15) is 19.3 Å². The molecule has 5 nitrogen and oxygen atoms in total. The van der Waals surface area contributed by atoms with E-state index in [0.29, 0.717) is 23.0 Å². The second-order valence-electron chi connectivity index (χ2n) is 4.71. The van der Waals surface area contributed by atoms with Crippen molar-refractivity contribution in [1.82, 2.24) is 20.2 Å². The van der Waals surface area contributed by atoms with Crippen LogP contribution in [0.2, 0.25) is 0 Å². The fourth-order valence-electron chi connectivity index (χ4n) is 2.16. The number of nitrogens with two attached hydrogens (primary N) is 1. The quantitative estimate of drug-likeness (QED) is 0.840. The van der Waals surface area contributed by atoms with Gasteiger partial charge in [0.05, 0.1) is 0 Å². The van der Waals surface area contributed by atoms with Gasteiger partial charge in [0.15, 0.2) is 5.82 Å². The zero-order valence-electron chi connectivity index (χ0n) is 9.88. The first kappa shape index (κ1) is 11.1. The Morgan fingerprint density at radius 1 is 1.39 bits per heavy atom. The summed E-state index contributed by atoms with van der Waals surface area (Å²) in [4.78, 5) is 0. The van der Waals surface area contributed by atoms with Gasteiger partial charge in [-0.3, -0.25) is 0 Å². The van der Waals surface area contributed by atoms with Gasteiger partial charge in [0.25, 0.3) is 0 Å². The number of halogens is 1. The van der Waals surface area contributed by atoms with E-state index in [-0.39, 0.29) is 5.82 Å². The highest BCUT2D eigenvalue weighted by atomic mass is 19.1. The van der Waals surface area contributed by atoms with E-state index in [1.807, 2.05) is 0 Å². The molecule has 6 heteroatoms. The van der Waals surface area contributed by atoms with Crippen molar-refractivity contribution in [3.8, 4) is 11.4 Å². The Kier molecular flexibility index (Phi) is 2.70. The summed E-state index contributed by atoms with van der Waals surface area (Å²) in [5.74, 6) is 0.832. The average Bonchev–Trinajstić information content (AvgIpc) is 2.75. The highest BCUT2D eigenvalue weighted by molar-refractivity contribution is 5.71. The van der Waals surface area contributed by atoms with Crippen molar-refractivity contribution in [2.45, 2.75) is 25.8 Å². The number of anilines is 1. The van der Waals surface area contributed by atoms with Crippen molar-refractivity contribution in [2.24, 2.45) is 5.92 Å². The van der Waals surface area contributed by atoms with Crippen molar-refractivity contribution in [1.29, 1.82) is 0 Å². The predicted octanol–water partition coefficient (Wildman–Crippen LogP) is 1.86. The van der Waals surface area contributed by atoms with Crippen molar-refractivity contribution < 1.29 is 4.39 Å². The highest BCUT2D eigenvalue weighted by Gasteiger charge is 2.21. The first-order chi connectivity index (χ1) is 8.74. The lowest BCUT2D eigenvalue weighted by molar-refractivity contribution is 0.265.